The molecule has 4 rings (SSSR count). The summed E-state index contributed by atoms with van der Waals surface area (Å²) in [6.07, 6.45) is 5.33. The molecule has 0 spiro atoms. The van der Waals surface area contributed by atoms with E-state index in [9.17, 15) is 9.59 Å². The highest BCUT2D eigenvalue weighted by atomic mass is 35.5. The molecule has 2 aromatic heterocycles. The molecule has 192 valence electrons. The summed E-state index contributed by atoms with van der Waals surface area (Å²) in [4.78, 5) is 34.0. The van der Waals surface area contributed by atoms with Crippen molar-refractivity contribution in [2.24, 2.45) is 0 Å². The van der Waals surface area contributed by atoms with E-state index in [1.54, 1.807) is 18.2 Å². The molecule has 3 heterocycles. The predicted octanol–water partition coefficient (Wildman–Crippen LogP) is 3.85. The van der Waals surface area contributed by atoms with Gasteiger partial charge in [0, 0.05) is 50.6 Å². The quantitative estimate of drug-likeness (QED) is 0.505. The second-order valence-electron chi connectivity index (χ2n) is 10.2. The van der Waals surface area contributed by atoms with E-state index in [2.05, 4.69) is 9.55 Å². The van der Waals surface area contributed by atoms with Gasteiger partial charge in [0.1, 0.15) is 5.60 Å². The maximum absolute atomic E-state index is 13.5. The first-order valence-electron chi connectivity index (χ1n) is 12.2. The molecule has 1 atom stereocenters. The van der Waals surface area contributed by atoms with Gasteiger partial charge in [0.2, 0.25) is 0 Å². The van der Waals surface area contributed by atoms with E-state index in [1.165, 1.54) is 0 Å². The van der Waals surface area contributed by atoms with Gasteiger partial charge < -0.3 is 28.6 Å². The number of aryl methyl sites for hydroxylation is 1. The Morgan fingerprint density at radius 3 is 2.77 bits per heavy atom. The highest BCUT2D eigenvalue weighted by molar-refractivity contribution is 6.35. The molecule has 2 amide bonds. The molecule has 0 unspecified atom stereocenters. The first kappa shape index (κ1) is 25.7. The van der Waals surface area contributed by atoms with Crippen LogP contribution >= 0.6 is 11.6 Å². The third kappa shape index (κ3) is 6.45. The van der Waals surface area contributed by atoms with Crippen LogP contribution in [0.25, 0.3) is 10.9 Å². The number of hydrogen-bond donors (Lipinski definition) is 0. The van der Waals surface area contributed by atoms with E-state index in [1.807, 2.05) is 37.9 Å². The van der Waals surface area contributed by atoms with Gasteiger partial charge in [0.25, 0.3) is 5.91 Å². The molecule has 0 aromatic carbocycles. The Balaban J connectivity index is 1.47. The lowest BCUT2D eigenvalue weighted by Gasteiger charge is -2.35. The van der Waals surface area contributed by atoms with Crippen LogP contribution in [0.3, 0.4) is 0 Å². The van der Waals surface area contributed by atoms with Crippen LogP contribution < -0.4 is 0 Å². The van der Waals surface area contributed by atoms with E-state index < -0.39 is 17.8 Å². The molecule has 2 aliphatic rings. The minimum atomic E-state index is -0.715. The van der Waals surface area contributed by atoms with Gasteiger partial charge >= 0.3 is 6.09 Å². The Hall–Kier alpha value is -2.36. The molecule has 2 fully saturated rings. The number of methoxy groups -OCH3 is 1. The Morgan fingerprint density at radius 1 is 1.31 bits per heavy atom. The zero-order chi connectivity index (χ0) is 25.2. The fraction of sp³-hybridized carbons (Fsp3) is 0.640. The first-order valence-corrected chi connectivity index (χ1v) is 12.6. The monoisotopic (exact) mass is 506 g/mol. The zero-order valence-electron chi connectivity index (χ0n) is 21.0. The Morgan fingerprint density at radius 2 is 2.09 bits per heavy atom. The standard InChI is InChI=1S/C25H35ClN4O5/c1-25(2,3)35-24(32)29-9-11-34-22(16-29)23(31)30(18-6-7-18)14-17-12-21-19(13-27-17)20(26)15-28(21)8-5-10-33-4/h12-13,15,18,22H,5-11,14,16H2,1-4H3/t22-/m1/s1. The van der Waals surface area contributed by atoms with Crippen molar-refractivity contribution in [1.82, 2.24) is 19.4 Å². The molecule has 0 bridgehead atoms. The molecule has 0 radical (unpaired) electrons. The summed E-state index contributed by atoms with van der Waals surface area (Å²) in [6, 6.07) is 2.17. The van der Waals surface area contributed by atoms with E-state index >= 15 is 0 Å². The van der Waals surface area contributed by atoms with Crippen molar-refractivity contribution in [3.8, 4) is 0 Å². The summed E-state index contributed by atoms with van der Waals surface area (Å²) in [5, 5.41) is 1.55. The predicted molar refractivity (Wildman–Crippen MR) is 132 cm³/mol. The molecular formula is C25H35ClN4O5. The molecule has 2 aromatic rings. The largest absolute Gasteiger partial charge is 0.444 e. The second kappa shape index (κ2) is 10.7. The van der Waals surface area contributed by atoms with Crippen LogP contribution in [-0.4, -0.2) is 82.5 Å². The average Bonchev–Trinajstić information content (AvgIpc) is 3.61. The van der Waals surface area contributed by atoms with Crippen LogP contribution in [0.5, 0.6) is 0 Å². The van der Waals surface area contributed by atoms with Crippen molar-refractivity contribution in [2.45, 2.75) is 70.9 Å². The van der Waals surface area contributed by atoms with E-state index in [-0.39, 0.29) is 18.5 Å². The molecular weight excluding hydrogens is 472 g/mol. The summed E-state index contributed by atoms with van der Waals surface area (Å²) in [7, 11) is 1.69. The number of rotatable bonds is 8. The number of aromatic nitrogens is 2. The lowest BCUT2D eigenvalue weighted by Crippen LogP contribution is -2.53. The van der Waals surface area contributed by atoms with Gasteiger partial charge in [-0.15, -0.1) is 0 Å². The summed E-state index contributed by atoms with van der Waals surface area (Å²) < 4.78 is 18.6. The maximum atomic E-state index is 13.5. The topological polar surface area (TPSA) is 86.1 Å². The van der Waals surface area contributed by atoms with Crippen molar-refractivity contribution in [2.75, 3.05) is 33.4 Å². The number of nitrogens with zero attached hydrogens (tertiary/aromatic N) is 4. The molecule has 9 nitrogen and oxygen atoms in total. The second-order valence-corrected chi connectivity index (χ2v) is 10.6. The Bertz CT molecular complexity index is 1060. The van der Waals surface area contributed by atoms with Crippen molar-refractivity contribution in [1.29, 1.82) is 0 Å². The summed E-state index contributed by atoms with van der Waals surface area (Å²) in [5.74, 6) is -0.115. The van der Waals surface area contributed by atoms with Crippen LogP contribution in [0, 0.1) is 0 Å². The third-order valence-electron chi connectivity index (χ3n) is 6.12. The average molecular weight is 507 g/mol. The van der Waals surface area contributed by atoms with Crippen molar-refractivity contribution >= 4 is 34.5 Å². The number of fused-ring (bicyclic) bond motifs is 1. The smallest absolute Gasteiger partial charge is 0.410 e. The number of morpholine rings is 1. The highest BCUT2D eigenvalue weighted by Crippen LogP contribution is 2.31. The Kier molecular flexibility index (Phi) is 7.88. The highest BCUT2D eigenvalue weighted by Gasteiger charge is 2.39. The lowest BCUT2D eigenvalue weighted by molar-refractivity contribution is -0.150. The van der Waals surface area contributed by atoms with E-state index in [0.717, 1.165) is 42.4 Å². The summed E-state index contributed by atoms with van der Waals surface area (Å²) in [6.45, 7) is 8.19. The van der Waals surface area contributed by atoms with Crippen LogP contribution in [0.2, 0.25) is 5.02 Å². The molecule has 35 heavy (non-hydrogen) atoms. The van der Waals surface area contributed by atoms with E-state index in [0.29, 0.717) is 31.3 Å². The van der Waals surface area contributed by atoms with Crippen LogP contribution in [-0.2, 0) is 32.1 Å². The number of ether oxygens (including phenoxy) is 3. The van der Waals surface area contributed by atoms with Crippen molar-refractivity contribution in [3.05, 3.63) is 29.2 Å². The molecule has 1 saturated heterocycles. The van der Waals surface area contributed by atoms with Crippen molar-refractivity contribution < 1.29 is 23.8 Å². The lowest BCUT2D eigenvalue weighted by atomic mass is 10.2. The zero-order valence-corrected chi connectivity index (χ0v) is 21.7. The summed E-state index contributed by atoms with van der Waals surface area (Å²) >= 11 is 6.42. The number of carbonyl (C=O) groups is 2. The van der Waals surface area contributed by atoms with Crippen molar-refractivity contribution in [3.63, 3.8) is 0 Å². The first-order chi connectivity index (χ1) is 16.7. The molecule has 1 aliphatic heterocycles. The van der Waals surface area contributed by atoms with Crippen LogP contribution in [0.1, 0.15) is 45.7 Å². The SMILES string of the molecule is COCCCn1cc(Cl)c2cnc(CN(C(=O)[C@H]3CN(C(=O)OC(C)(C)C)CCO3)C3CC3)cc21. The van der Waals surface area contributed by atoms with Crippen LogP contribution in [0.4, 0.5) is 4.79 Å². The van der Waals surface area contributed by atoms with Gasteiger partial charge in [0.05, 0.1) is 35.9 Å². The number of carbonyl (C=O) groups excluding carboxylic acids is 2. The normalized spacial score (nSPS) is 18.7. The van der Waals surface area contributed by atoms with Gasteiger partial charge in [-0.05, 0) is 46.1 Å². The van der Waals surface area contributed by atoms with Gasteiger partial charge in [-0.2, -0.15) is 0 Å². The molecule has 1 saturated carbocycles. The third-order valence-corrected chi connectivity index (χ3v) is 6.42. The molecule has 10 heteroatoms. The number of halogens is 1. The maximum Gasteiger partial charge on any atom is 0.410 e. The van der Waals surface area contributed by atoms with Gasteiger partial charge in [-0.25, -0.2) is 4.79 Å². The number of amides is 2. The molecule has 1 aliphatic carbocycles. The molecule has 0 N–H and O–H groups in total. The van der Waals surface area contributed by atoms with Gasteiger partial charge in [-0.1, -0.05) is 11.6 Å². The minimum Gasteiger partial charge on any atom is -0.444 e. The Labute approximate surface area is 211 Å². The van der Waals surface area contributed by atoms with Gasteiger partial charge in [-0.3, -0.25) is 9.78 Å². The fourth-order valence-corrected chi connectivity index (χ4v) is 4.52. The van der Waals surface area contributed by atoms with Crippen LogP contribution in [0.15, 0.2) is 18.5 Å². The fourth-order valence-electron chi connectivity index (χ4n) is 4.26. The number of hydrogen-bond acceptors (Lipinski definition) is 6. The number of pyridine rings is 1. The van der Waals surface area contributed by atoms with Gasteiger partial charge in [0.15, 0.2) is 6.10 Å². The van der Waals surface area contributed by atoms with E-state index in [4.69, 9.17) is 25.8 Å². The summed E-state index contributed by atoms with van der Waals surface area (Å²) in [5.41, 5.74) is 1.19. The minimum absolute atomic E-state index is 0.115.